The summed E-state index contributed by atoms with van der Waals surface area (Å²) < 4.78 is 52.4. The van der Waals surface area contributed by atoms with E-state index in [-0.39, 0.29) is 35.5 Å². The molecular weight excluding hydrogens is 409 g/mol. The van der Waals surface area contributed by atoms with Crippen molar-refractivity contribution in [3.63, 3.8) is 0 Å². The van der Waals surface area contributed by atoms with Crippen LogP contribution in [-0.2, 0) is 9.47 Å². The normalized spacial score (nSPS) is 24.6. The molecule has 0 spiro atoms. The molecule has 1 amide bonds. The highest BCUT2D eigenvalue weighted by atomic mass is 19.1. The van der Waals surface area contributed by atoms with E-state index in [1.807, 2.05) is 0 Å². The number of alkyl carbamates (subject to hydrolysis) is 1. The lowest BCUT2D eigenvalue weighted by Gasteiger charge is -2.35. The summed E-state index contributed by atoms with van der Waals surface area (Å²) in [4.78, 5) is 15.1. The van der Waals surface area contributed by atoms with Gasteiger partial charge in [-0.2, -0.15) is 0 Å². The van der Waals surface area contributed by atoms with E-state index < -0.39 is 17.7 Å². The number of nitrogens with one attached hydrogen (secondary N) is 2. The molecule has 0 aliphatic heterocycles. The van der Waals surface area contributed by atoms with Gasteiger partial charge < -0.3 is 19.8 Å². The first-order valence-corrected chi connectivity index (χ1v) is 10.2. The maximum Gasteiger partial charge on any atom is 0.407 e. The number of rotatable bonds is 5. The van der Waals surface area contributed by atoms with Gasteiger partial charge in [-0.25, -0.2) is 18.0 Å². The van der Waals surface area contributed by atoms with Gasteiger partial charge in [0, 0.05) is 18.6 Å². The van der Waals surface area contributed by atoms with Crippen molar-refractivity contribution < 1.29 is 27.4 Å². The molecule has 8 heteroatoms. The number of hydrogen-bond donors (Lipinski definition) is 2. The van der Waals surface area contributed by atoms with Gasteiger partial charge in [-0.1, -0.05) is 0 Å². The minimum atomic E-state index is -0.687. The van der Waals surface area contributed by atoms with Gasteiger partial charge in [0.25, 0.3) is 0 Å². The number of carbonyl (C=O) groups excluding carboxylic acids is 1. The molecule has 5 nitrogen and oxygen atoms in total. The zero-order chi connectivity index (χ0) is 21.7. The Bertz CT molecular complexity index is 1140. The second-order valence-electron chi connectivity index (χ2n) is 8.19. The second kappa shape index (κ2) is 7.60. The van der Waals surface area contributed by atoms with Crippen molar-refractivity contribution in [2.75, 3.05) is 7.11 Å². The molecule has 1 heterocycles. The highest BCUT2D eigenvalue weighted by molar-refractivity contribution is 5.92. The van der Waals surface area contributed by atoms with Crippen LogP contribution in [0.5, 0.6) is 0 Å². The van der Waals surface area contributed by atoms with Crippen LogP contribution in [0.25, 0.3) is 22.2 Å². The average Bonchev–Trinajstić information content (AvgIpc) is 3.34. The number of benzene rings is 2. The number of ether oxygens (including phenoxy) is 2. The van der Waals surface area contributed by atoms with Gasteiger partial charge in [-0.15, -0.1) is 0 Å². The fourth-order valence-corrected chi connectivity index (χ4v) is 4.33. The van der Waals surface area contributed by atoms with Crippen LogP contribution in [0.15, 0.2) is 36.4 Å². The summed E-state index contributed by atoms with van der Waals surface area (Å²) in [5.74, 6) is -1.79. The predicted octanol–water partition coefficient (Wildman–Crippen LogP) is 5.01. The minimum Gasteiger partial charge on any atom is -0.446 e. The van der Waals surface area contributed by atoms with Gasteiger partial charge >= 0.3 is 6.09 Å². The molecule has 2 aromatic carbocycles. The topological polar surface area (TPSA) is 63.4 Å². The summed E-state index contributed by atoms with van der Waals surface area (Å²) >= 11 is 0. The standard InChI is InChI=1S/C23H21F3N2O3/c1-30-19-10-18(19)27-23(29)31-15-6-12(7-15)20-16-8-14(25)9-17(26)22(16)28-21(20)11-2-4-13(24)5-3-11/h2-5,8-9,12,15,18-19,28H,6-7,10H2,1H3,(H,27,29). The van der Waals surface area contributed by atoms with E-state index in [9.17, 15) is 18.0 Å². The van der Waals surface area contributed by atoms with E-state index in [0.717, 1.165) is 18.1 Å². The molecule has 2 N–H and O–H groups in total. The number of carbonyl (C=O) groups is 1. The Morgan fingerprint density at radius 2 is 1.81 bits per heavy atom. The molecule has 2 saturated carbocycles. The smallest absolute Gasteiger partial charge is 0.407 e. The molecule has 0 radical (unpaired) electrons. The molecule has 2 aliphatic rings. The zero-order valence-corrected chi connectivity index (χ0v) is 16.8. The van der Waals surface area contributed by atoms with Gasteiger partial charge in [-0.05, 0) is 66.6 Å². The van der Waals surface area contributed by atoms with Gasteiger partial charge in [-0.3, -0.25) is 0 Å². The number of fused-ring (bicyclic) bond motifs is 1. The summed E-state index contributed by atoms with van der Waals surface area (Å²) in [5.41, 5.74) is 2.25. The van der Waals surface area contributed by atoms with Crippen LogP contribution in [-0.4, -0.2) is 36.4 Å². The largest absolute Gasteiger partial charge is 0.446 e. The Morgan fingerprint density at radius 1 is 1.06 bits per heavy atom. The van der Waals surface area contributed by atoms with Crippen LogP contribution < -0.4 is 5.32 Å². The van der Waals surface area contributed by atoms with Crippen molar-refractivity contribution in [3.05, 3.63) is 59.4 Å². The average molecular weight is 430 g/mol. The van der Waals surface area contributed by atoms with E-state index in [4.69, 9.17) is 9.47 Å². The van der Waals surface area contributed by atoms with Gasteiger partial charge in [0.05, 0.1) is 23.4 Å². The quantitative estimate of drug-likeness (QED) is 0.598. The summed E-state index contributed by atoms with van der Waals surface area (Å²) in [6, 6.07) is 7.96. The lowest BCUT2D eigenvalue weighted by molar-refractivity contribution is 0.0385. The van der Waals surface area contributed by atoms with Crippen LogP contribution in [0.1, 0.15) is 30.7 Å². The van der Waals surface area contributed by atoms with E-state index in [1.165, 1.54) is 18.2 Å². The molecule has 0 saturated heterocycles. The molecule has 2 fully saturated rings. The third kappa shape index (κ3) is 3.76. The second-order valence-corrected chi connectivity index (χ2v) is 8.19. The first-order chi connectivity index (χ1) is 14.9. The Labute approximate surface area is 176 Å². The van der Waals surface area contributed by atoms with Gasteiger partial charge in [0.1, 0.15) is 23.6 Å². The van der Waals surface area contributed by atoms with Crippen molar-refractivity contribution in [2.24, 2.45) is 0 Å². The Kier molecular flexibility index (Phi) is 4.89. The maximum absolute atomic E-state index is 14.4. The Balaban J connectivity index is 1.38. The first-order valence-electron chi connectivity index (χ1n) is 10.2. The summed E-state index contributed by atoms with van der Waals surface area (Å²) in [6.07, 6.45) is 1.11. The number of aromatic nitrogens is 1. The van der Waals surface area contributed by atoms with Crippen molar-refractivity contribution in [1.29, 1.82) is 0 Å². The third-order valence-electron chi connectivity index (χ3n) is 6.11. The van der Waals surface area contributed by atoms with Gasteiger partial charge in [0.15, 0.2) is 0 Å². The van der Waals surface area contributed by atoms with E-state index in [2.05, 4.69) is 10.3 Å². The van der Waals surface area contributed by atoms with Crippen LogP contribution in [0.4, 0.5) is 18.0 Å². The van der Waals surface area contributed by atoms with Crippen molar-refractivity contribution in [3.8, 4) is 11.3 Å². The van der Waals surface area contributed by atoms with Crippen molar-refractivity contribution in [2.45, 2.75) is 43.4 Å². The van der Waals surface area contributed by atoms with E-state index in [1.54, 1.807) is 19.2 Å². The highest BCUT2D eigenvalue weighted by Gasteiger charge is 2.41. The van der Waals surface area contributed by atoms with Crippen LogP contribution in [0.3, 0.4) is 0 Å². The maximum atomic E-state index is 14.4. The number of hydrogen-bond acceptors (Lipinski definition) is 3. The fraction of sp³-hybridized carbons (Fsp3) is 0.348. The van der Waals surface area contributed by atoms with Crippen LogP contribution >= 0.6 is 0 Å². The summed E-state index contributed by atoms with van der Waals surface area (Å²) in [5, 5.41) is 3.21. The van der Waals surface area contributed by atoms with Crippen LogP contribution in [0, 0.1) is 17.5 Å². The molecule has 2 aliphatic carbocycles. The molecule has 3 aromatic rings. The number of amides is 1. The Hall–Kier alpha value is -3.00. The van der Waals surface area contributed by atoms with E-state index >= 15 is 0 Å². The lowest BCUT2D eigenvalue weighted by atomic mass is 9.75. The third-order valence-corrected chi connectivity index (χ3v) is 6.11. The molecule has 5 rings (SSSR count). The SMILES string of the molecule is COC1CC1NC(=O)OC1CC(c2c(-c3ccc(F)cc3)[nH]c3c(F)cc(F)cc23)C1. The summed E-state index contributed by atoms with van der Waals surface area (Å²) in [6.45, 7) is 0. The minimum absolute atomic E-state index is 0.0157. The molecule has 31 heavy (non-hydrogen) atoms. The summed E-state index contributed by atoms with van der Waals surface area (Å²) in [7, 11) is 1.60. The molecule has 1 aromatic heterocycles. The zero-order valence-electron chi connectivity index (χ0n) is 16.8. The van der Waals surface area contributed by atoms with Crippen molar-refractivity contribution in [1.82, 2.24) is 10.3 Å². The number of aromatic amines is 1. The number of methoxy groups -OCH3 is 1. The number of halogens is 3. The Morgan fingerprint density at radius 3 is 2.48 bits per heavy atom. The molecular formula is C23H21F3N2O3. The fourth-order valence-electron chi connectivity index (χ4n) is 4.33. The molecule has 162 valence electrons. The molecule has 2 atom stereocenters. The van der Waals surface area contributed by atoms with Crippen molar-refractivity contribution >= 4 is 17.0 Å². The highest BCUT2D eigenvalue weighted by Crippen LogP contribution is 2.46. The molecule has 0 bridgehead atoms. The van der Waals surface area contributed by atoms with E-state index in [0.29, 0.717) is 29.5 Å². The lowest BCUT2D eigenvalue weighted by Crippen LogP contribution is -2.37. The predicted molar refractivity (Wildman–Crippen MR) is 108 cm³/mol. The number of H-pyrrole nitrogens is 1. The first kappa shape index (κ1) is 19.9. The van der Waals surface area contributed by atoms with Crippen LogP contribution in [0.2, 0.25) is 0 Å². The van der Waals surface area contributed by atoms with Gasteiger partial charge in [0.2, 0.25) is 0 Å². The molecule has 2 unspecified atom stereocenters. The monoisotopic (exact) mass is 430 g/mol.